The standard InChI is InChI=1S/C18H20N2S/c1-11-5-6-15(9-12(11)2)13(3)19-16-7-8-17-18(10-16)21-14(4)20-17/h5-10,13,19H,1-4H3. The molecule has 3 heteroatoms. The Bertz CT molecular complexity index is 789. The molecule has 1 N–H and O–H groups in total. The molecule has 21 heavy (non-hydrogen) atoms. The van der Waals surface area contributed by atoms with Gasteiger partial charge in [-0.1, -0.05) is 18.2 Å². The molecule has 0 bridgehead atoms. The third-order valence-corrected chi connectivity index (χ3v) is 4.84. The number of anilines is 1. The minimum Gasteiger partial charge on any atom is -0.378 e. The SMILES string of the molecule is Cc1nc2ccc(NC(C)c3ccc(C)c(C)c3)cc2s1. The van der Waals surface area contributed by atoms with Crippen molar-refractivity contribution in [2.24, 2.45) is 0 Å². The fourth-order valence-electron chi connectivity index (χ4n) is 2.50. The number of nitrogens with zero attached hydrogens (tertiary/aromatic N) is 1. The van der Waals surface area contributed by atoms with Crippen molar-refractivity contribution < 1.29 is 0 Å². The molecule has 0 radical (unpaired) electrons. The molecule has 108 valence electrons. The normalized spacial score (nSPS) is 12.6. The van der Waals surface area contributed by atoms with E-state index in [0.29, 0.717) is 0 Å². The molecule has 1 aromatic heterocycles. The van der Waals surface area contributed by atoms with Gasteiger partial charge in [0.1, 0.15) is 0 Å². The molecule has 0 fully saturated rings. The van der Waals surface area contributed by atoms with Crippen LogP contribution < -0.4 is 5.32 Å². The van der Waals surface area contributed by atoms with Crippen molar-refractivity contribution in [3.05, 3.63) is 58.1 Å². The van der Waals surface area contributed by atoms with Crippen LogP contribution in [0, 0.1) is 20.8 Å². The maximum atomic E-state index is 4.50. The second-order valence-corrected chi connectivity index (χ2v) is 6.86. The molecule has 0 spiro atoms. The van der Waals surface area contributed by atoms with E-state index in [0.717, 1.165) is 16.2 Å². The maximum absolute atomic E-state index is 4.50. The van der Waals surface area contributed by atoms with Crippen LogP contribution in [-0.2, 0) is 0 Å². The summed E-state index contributed by atoms with van der Waals surface area (Å²) in [4.78, 5) is 4.50. The van der Waals surface area contributed by atoms with Gasteiger partial charge in [-0.05, 0) is 62.6 Å². The van der Waals surface area contributed by atoms with Crippen molar-refractivity contribution in [3.63, 3.8) is 0 Å². The summed E-state index contributed by atoms with van der Waals surface area (Å²) in [6.07, 6.45) is 0. The van der Waals surface area contributed by atoms with Gasteiger partial charge in [-0.3, -0.25) is 0 Å². The summed E-state index contributed by atoms with van der Waals surface area (Å²) in [5, 5.41) is 4.70. The zero-order valence-electron chi connectivity index (χ0n) is 12.9. The number of aromatic nitrogens is 1. The van der Waals surface area contributed by atoms with E-state index in [1.165, 1.54) is 21.4 Å². The van der Waals surface area contributed by atoms with E-state index in [-0.39, 0.29) is 6.04 Å². The van der Waals surface area contributed by atoms with Crippen LogP contribution in [0.2, 0.25) is 0 Å². The summed E-state index contributed by atoms with van der Waals surface area (Å²) >= 11 is 1.74. The van der Waals surface area contributed by atoms with Crippen molar-refractivity contribution in [2.75, 3.05) is 5.32 Å². The van der Waals surface area contributed by atoms with Gasteiger partial charge >= 0.3 is 0 Å². The van der Waals surface area contributed by atoms with Crippen LogP contribution in [0.4, 0.5) is 5.69 Å². The van der Waals surface area contributed by atoms with Gasteiger partial charge in [0.15, 0.2) is 0 Å². The molecule has 1 heterocycles. The average molecular weight is 296 g/mol. The molecule has 0 saturated carbocycles. The van der Waals surface area contributed by atoms with E-state index < -0.39 is 0 Å². The summed E-state index contributed by atoms with van der Waals surface area (Å²) in [5.74, 6) is 0. The first-order valence-electron chi connectivity index (χ1n) is 7.24. The molecule has 1 unspecified atom stereocenters. The Hall–Kier alpha value is -1.87. The molecule has 2 aromatic carbocycles. The van der Waals surface area contributed by atoms with Gasteiger partial charge in [0.25, 0.3) is 0 Å². The topological polar surface area (TPSA) is 24.9 Å². The van der Waals surface area contributed by atoms with E-state index in [1.54, 1.807) is 11.3 Å². The summed E-state index contributed by atoms with van der Waals surface area (Å²) in [6, 6.07) is 13.3. The Morgan fingerprint density at radius 3 is 2.57 bits per heavy atom. The quantitative estimate of drug-likeness (QED) is 0.700. The van der Waals surface area contributed by atoms with Gasteiger partial charge in [0.2, 0.25) is 0 Å². The summed E-state index contributed by atoms with van der Waals surface area (Å²) in [5.41, 5.74) is 6.24. The molecule has 0 aliphatic rings. The highest BCUT2D eigenvalue weighted by atomic mass is 32.1. The summed E-state index contributed by atoms with van der Waals surface area (Å²) < 4.78 is 1.24. The molecule has 0 saturated heterocycles. The van der Waals surface area contributed by atoms with E-state index in [1.807, 2.05) is 0 Å². The molecule has 3 aromatic rings. The zero-order chi connectivity index (χ0) is 15.0. The number of benzene rings is 2. The maximum Gasteiger partial charge on any atom is 0.0907 e. The average Bonchev–Trinajstić information content (AvgIpc) is 2.81. The van der Waals surface area contributed by atoms with Crippen LogP contribution in [0.25, 0.3) is 10.2 Å². The van der Waals surface area contributed by atoms with Crippen molar-refractivity contribution in [2.45, 2.75) is 33.7 Å². The van der Waals surface area contributed by atoms with Crippen molar-refractivity contribution in [3.8, 4) is 0 Å². The van der Waals surface area contributed by atoms with E-state index >= 15 is 0 Å². The predicted octanol–water partition coefficient (Wildman–Crippen LogP) is 5.39. The van der Waals surface area contributed by atoms with E-state index in [2.05, 4.69) is 74.4 Å². The number of thiazole rings is 1. The van der Waals surface area contributed by atoms with Gasteiger partial charge < -0.3 is 5.32 Å². The molecule has 0 aliphatic heterocycles. The third kappa shape index (κ3) is 2.93. The first-order chi connectivity index (χ1) is 10.0. The van der Waals surface area contributed by atoms with Crippen molar-refractivity contribution in [1.29, 1.82) is 0 Å². The van der Waals surface area contributed by atoms with Crippen LogP contribution in [0.3, 0.4) is 0 Å². The van der Waals surface area contributed by atoms with Crippen LogP contribution >= 0.6 is 11.3 Å². The zero-order valence-corrected chi connectivity index (χ0v) is 13.7. The first-order valence-corrected chi connectivity index (χ1v) is 8.05. The van der Waals surface area contributed by atoms with Crippen LogP contribution in [0.1, 0.15) is 34.7 Å². The molecule has 0 amide bonds. The smallest absolute Gasteiger partial charge is 0.0907 e. The Balaban J connectivity index is 1.84. The lowest BCUT2D eigenvalue weighted by atomic mass is 10.0. The Morgan fingerprint density at radius 1 is 1.00 bits per heavy atom. The van der Waals surface area contributed by atoms with E-state index in [9.17, 15) is 0 Å². The molecule has 1 atom stereocenters. The van der Waals surface area contributed by atoms with Crippen molar-refractivity contribution in [1.82, 2.24) is 4.98 Å². The summed E-state index contributed by atoms with van der Waals surface area (Å²) in [6.45, 7) is 8.57. The van der Waals surface area contributed by atoms with Gasteiger partial charge in [0, 0.05) is 11.7 Å². The van der Waals surface area contributed by atoms with Gasteiger partial charge in [0.05, 0.1) is 15.2 Å². The van der Waals surface area contributed by atoms with Gasteiger partial charge in [-0.25, -0.2) is 4.98 Å². The Morgan fingerprint density at radius 2 is 1.81 bits per heavy atom. The minimum absolute atomic E-state index is 0.288. The Kier molecular flexibility index (Phi) is 3.68. The molecule has 2 nitrogen and oxygen atoms in total. The number of hydrogen-bond donors (Lipinski definition) is 1. The fraction of sp³-hybridized carbons (Fsp3) is 0.278. The van der Waals surface area contributed by atoms with Crippen LogP contribution in [-0.4, -0.2) is 4.98 Å². The minimum atomic E-state index is 0.288. The highest BCUT2D eigenvalue weighted by Crippen LogP contribution is 2.27. The van der Waals surface area contributed by atoms with E-state index in [4.69, 9.17) is 0 Å². The highest BCUT2D eigenvalue weighted by Gasteiger charge is 2.08. The van der Waals surface area contributed by atoms with Crippen molar-refractivity contribution >= 4 is 27.2 Å². The fourth-order valence-corrected chi connectivity index (χ4v) is 3.36. The molecule has 3 rings (SSSR count). The Labute approximate surface area is 129 Å². The molecular weight excluding hydrogens is 276 g/mol. The van der Waals surface area contributed by atoms with Crippen LogP contribution in [0.5, 0.6) is 0 Å². The lowest BCUT2D eigenvalue weighted by Gasteiger charge is -2.17. The van der Waals surface area contributed by atoms with Gasteiger partial charge in [-0.2, -0.15) is 0 Å². The monoisotopic (exact) mass is 296 g/mol. The second kappa shape index (κ2) is 5.49. The number of rotatable bonds is 3. The summed E-state index contributed by atoms with van der Waals surface area (Å²) in [7, 11) is 0. The predicted molar refractivity (Wildman–Crippen MR) is 92.3 cm³/mol. The number of hydrogen-bond acceptors (Lipinski definition) is 3. The van der Waals surface area contributed by atoms with Gasteiger partial charge in [-0.15, -0.1) is 11.3 Å². The number of fused-ring (bicyclic) bond motifs is 1. The number of nitrogens with one attached hydrogen (secondary N) is 1. The largest absolute Gasteiger partial charge is 0.378 e. The highest BCUT2D eigenvalue weighted by molar-refractivity contribution is 7.18. The first kappa shape index (κ1) is 14.1. The lowest BCUT2D eigenvalue weighted by molar-refractivity contribution is 0.882. The third-order valence-electron chi connectivity index (χ3n) is 3.91. The molecular formula is C18H20N2S. The van der Waals surface area contributed by atoms with Crippen LogP contribution in [0.15, 0.2) is 36.4 Å². The lowest BCUT2D eigenvalue weighted by Crippen LogP contribution is -2.06. The number of aryl methyl sites for hydroxylation is 3. The molecule has 0 aliphatic carbocycles. The second-order valence-electron chi connectivity index (χ2n) is 5.63.